The van der Waals surface area contributed by atoms with E-state index < -0.39 is 11.7 Å². The Kier molecular flexibility index (Phi) is 12.3. The van der Waals surface area contributed by atoms with Crippen LogP contribution in [-0.2, 0) is 9.53 Å². The van der Waals surface area contributed by atoms with Crippen molar-refractivity contribution in [3.05, 3.63) is 24.3 Å². The van der Waals surface area contributed by atoms with Crippen molar-refractivity contribution in [1.29, 1.82) is 0 Å². The topological polar surface area (TPSA) is 131 Å². The number of nitrogens with one attached hydrogen (secondary N) is 1. The van der Waals surface area contributed by atoms with Gasteiger partial charge in [-0.25, -0.2) is 14.8 Å². The van der Waals surface area contributed by atoms with Gasteiger partial charge in [-0.3, -0.25) is 9.69 Å². The monoisotopic (exact) mass is 423 g/mol. The molecule has 2 amide bonds. The molecule has 4 N–H and O–H groups in total. The number of hydrogen-bond acceptors (Lipinski definition) is 7. The number of amides is 2. The first-order valence-electron chi connectivity index (χ1n) is 10.1. The molecule has 0 radical (unpaired) electrons. The van der Waals surface area contributed by atoms with E-state index in [2.05, 4.69) is 15.3 Å². The highest BCUT2D eigenvalue weighted by Crippen LogP contribution is 2.18. The van der Waals surface area contributed by atoms with E-state index in [4.69, 9.17) is 15.6 Å². The summed E-state index contributed by atoms with van der Waals surface area (Å²) < 4.78 is 5.27. The molecule has 0 aromatic carbocycles. The number of aliphatic hydroxyl groups excluding tert-OH is 1. The van der Waals surface area contributed by atoms with Crippen LogP contribution in [0.5, 0.6) is 0 Å². The molecule has 9 nitrogen and oxygen atoms in total. The minimum Gasteiger partial charge on any atom is -0.443 e. The zero-order valence-corrected chi connectivity index (χ0v) is 19.2. The first kappa shape index (κ1) is 27.3. The zero-order valence-electron chi connectivity index (χ0n) is 19.2. The van der Waals surface area contributed by atoms with Crippen LogP contribution in [0.3, 0.4) is 0 Å². The summed E-state index contributed by atoms with van der Waals surface area (Å²) in [5.74, 6) is 0.941. The SMILES string of the molecule is C/C(=C/N)c1nccc(N(C)C(=O)OC(C)(C)C)n1.CC.O=CN[C@@H]1CCC(O)C1. The molecule has 1 aromatic rings. The molecule has 1 heterocycles. The van der Waals surface area contributed by atoms with Crippen LogP contribution in [0, 0.1) is 0 Å². The van der Waals surface area contributed by atoms with Crippen LogP contribution in [0.2, 0.25) is 0 Å². The van der Waals surface area contributed by atoms with Crippen LogP contribution in [0.15, 0.2) is 18.5 Å². The zero-order chi connectivity index (χ0) is 23.3. The highest BCUT2D eigenvalue weighted by Gasteiger charge is 2.22. The molecule has 170 valence electrons. The van der Waals surface area contributed by atoms with Gasteiger partial charge >= 0.3 is 6.09 Å². The maximum Gasteiger partial charge on any atom is 0.415 e. The predicted octanol–water partition coefficient (Wildman–Crippen LogP) is 2.84. The molecule has 1 aliphatic rings. The van der Waals surface area contributed by atoms with Crippen molar-refractivity contribution in [1.82, 2.24) is 15.3 Å². The van der Waals surface area contributed by atoms with Gasteiger partial charge in [0.1, 0.15) is 11.4 Å². The minimum absolute atomic E-state index is 0.192. The number of nitrogens with two attached hydrogens (primary N) is 1. The molecule has 1 unspecified atom stereocenters. The molecule has 2 atom stereocenters. The number of carbonyl (C=O) groups is 2. The second kappa shape index (κ2) is 13.5. The van der Waals surface area contributed by atoms with E-state index in [1.54, 1.807) is 26.2 Å². The minimum atomic E-state index is -0.547. The fraction of sp³-hybridized carbons (Fsp3) is 0.619. The van der Waals surface area contributed by atoms with Gasteiger partial charge in [-0.2, -0.15) is 0 Å². The van der Waals surface area contributed by atoms with Gasteiger partial charge in [-0.15, -0.1) is 0 Å². The number of rotatable bonds is 4. The molecular weight excluding hydrogens is 386 g/mol. The van der Waals surface area contributed by atoms with E-state index in [-0.39, 0.29) is 12.1 Å². The number of ether oxygens (including phenoxy) is 1. The molecule has 1 aromatic heterocycles. The van der Waals surface area contributed by atoms with Crippen LogP contribution in [0.4, 0.5) is 10.6 Å². The van der Waals surface area contributed by atoms with Crippen molar-refractivity contribution in [2.45, 2.75) is 78.6 Å². The van der Waals surface area contributed by atoms with Crippen LogP contribution >= 0.6 is 0 Å². The third-order valence-corrected chi connectivity index (χ3v) is 3.96. The average molecular weight is 424 g/mol. The Labute approximate surface area is 179 Å². The molecule has 2 rings (SSSR count). The Bertz CT molecular complexity index is 688. The fourth-order valence-electron chi connectivity index (χ4n) is 2.43. The predicted molar refractivity (Wildman–Crippen MR) is 119 cm³/mol. The van der Waals surface area contributed by atoms with Gasteiger partial charge in [0.05, 0.1) is 6.10 Å². The number of allylic oxidation sites excluding steroid dienone is 1. The first-order chi connectivity index (χ1) is 14.1. The summed E-state index contributed by atoms with van der Waals surface area (Å²) in [6.07, 6.45) is 5.50. The number of anilines is 1. The van der Waals surface area contributed by atoms with E-state index in [0.717, 1.165) is 24.8 Å². The quantitative estimate of drug-likeness (QED) is 0.635. The van der Waals surface area contributed by atoms with Crippen LogP contribution in [0.1, 0.15) is 66.6 Å². The number of aliphatic hydroxyl groups is 1. The van der Waals surface area contributed by atoms with Gasteiger partial charge in [0.25, 0.3) is 0 Å². The van der Waals surface area contributed by atoms with Crippen molar-refractivity contribution in [3.63, 3.8) is 0 Å². The van der Waals surface area contributed by atoms with Crippen LogP contribution < -0.4 is 16.0 Å². The first-order valence-corrected chi connectivity index (χ1v) is 10.1. The molecule has 0 spiro atoms. The summed E-state index contributed by atoms with van der Waals surface area (Å²) in [4.78, 5) is 31.5. The van der Waals surface area contributed by atoms with Gasteiger partial charge < -0.3 is 20.9 Å². The van der Waals surface area contributed by atoms with Crippen molar-refractivity contribution >= 4 is 23.9 Å². The van der Waals surface area contributed by atoms with Crippen molar-refractivity contribution in [2.24, 2.45) is 5.73 Å². The molecule has 30 heavy (non-hydrogen) atoms. The summed E-state index contributed by atoms with van der Waals surface area (Å²) in [5.41, 5.74) is 5.61. The Hall–Kier alpha value is -2.68. The molecule has 1 aliphatic carbocycles. The lowest BCUT2D eigenvalue weighted by atomic mass is 10.2. The van der Waals surface area contributed by atoms with Gasteiger partial charge in [0, 0.05) is 31.1 Å². The lowest BCUT2D eigenvalue weighted by Gasteiger charge is -2.24. The number of carbonyl (C=O) groups excluding carboxylic acids is 2. The summed E-state index contributed by atoms with van der Waals surface area (Å²) in [6, 6.07) is 1.86. The lowest BCUT2D eigenvalue weighted by Crippen LogP contribution is -2.34. The van der Waals surface area contributed by atoms with E-state index in [1.807, 2.05) is 34.6 Å². The van der Waals surface area contributed by atoms with E-state index in [1.165, 1.54) is 11.1 Å². The number of nitrogens with zero attached hydrogens (tertiary/aromatic N) is 3. The largest absolute Gasteiger partial charge is 0.443 e. The van der Waals surface area contributed by atoms with Crippen LogP contribution in [-0.4, -0.2) is 52.4 Å². The molecule has 0 bridgehead atoms. The van der Waals surface area contributed by atoms with Crippen molar-refractivity contribution in [3.8, 4) is 0 Å². The Morgan fingerprint density at radius 2 is 2.00 bits per heavy atom. The highest BCUT2D eigenvalue weighted by molar-refractivity contribution is 5.86. The van der Waals surface area contributed by atoms with Crippen molar-refractivity contribution in [2.75, 3.05) is 11.9 Å². The second-order valence-corrected chi connectivity index (χ2v) is 7.58. The van der Waals surface area contributed by atoms with Crippen molar-refractivity contribution < 1.29 is 19.4 Å². The third kappa shape index (κ3) is 10.2. The second-order valence-electron chi connectivity index (χ2n) is 7.58. The molecule has 1 saturated carbocycles. The molecule has 0 aliphatic heterocycles. The maximum absolute atomic E-state index is 11.9. The van der Waals surface area contributed by atoms with Gasteiger partial charge in [0.15, 0.2) is 5.82 Å². The van der Waals surface area contributed by atoms with Crippen LogP contribution in [0.25, 0.3) is 5.57 Å². The van der Waals surface area contributed by atoms with Gasteiger partial charge in [0.2, 0.25) is 6.41 Å². The summed E-state index contributed by atoms with van der Waals surface area (Å²) in [6.45, 7) is 11.2. The number of aromatic nitrogens is 2. The standard InChI is InChI=1S/C13H20N4O2.C6H11NO2.C2H6/c1-9(8-14)11-15-7-6-10(16-11)17(5)12(18)19-13(2,3)4;8-4-7-5-1-2-6(9)3-5;1-2/h6-8H,14H2,1-5H3;4-6,9H,1-3H2,(H,7,8);1-2H3/b9-8-;;/t;5-,6?;/m.1./s1. The third-order valence-electron chi connectivity index (χ3n) is 3.96. The molecule has 1 fully saturated rings. The van der Waals surface area contributed by atoms with E-state index in [9.17, 15) is 9.59 Å². The average Bonchev–Trinajstić information content (AvgIpc) is 3.12. The number of hydrogen-bond donors (Lipinski definition) is 3. The summed E-state index contributed by atoms with van der Waals surface area (Å²) in [7, 11) is 1.60. The maximum atomic E-state index is 11.9. The molecular formula is C21H37N5O4. The Morgan fingerprint density at radius 1 is 1.37 bits per heavy atom. The molecule has 0 saturated heterocycles. The lowest BCUT2D eigenvalue weighted by molar-refractivity contribution is -0.110. The molecule has 9 heteroatoms. The fourth-order valence-corrected chi connectivity index (χ4v) is 2.43. The smallest absolute Gasteiger partial charge is 0.415 e. The summed E-state index contributed by atoms with van der Waals surface area (Å²) in [5, 5.41) is 11.6. The Balaban J connectivity index is 0.000000636. The summed E-state index contributed by atoms with van der Waals surface area (Å²) >= 11 is 0. The Morgan fingerprint density at radius 3 is 2.47 bits per heavy atom. The normalized spacial score (nSPS) is 18.2. The van der Waals surface area contributed by atoms with E-state index >= 15 is 0 Å². The van der Waals surface area contributed by atoms with Gasteiger partial charge in [-0.05, 0) is 53.0 Å². The van der Waals surface area contributed by atoms with Gasteiger partial charge in [-0.1, -0.05) is 13.8 Å². The van der Waals surface area contributed by atoms with E-state index in [0.29, 0.717) is 18.1 Å². The highest BCUT2D eigenvalue weighted by atomic mass is 16.6.